The molecule has 0 radical (unpaired) electrons. The number of unbranched alkanes of at least 4 members (excludes halogenated alkanes) is 1. The van der Waals surface area contributed by atoms with E-state index in [1.165, 1.54) is 0 Å². The van der Waals surface area contributed by atoms with Crippen molar-refractivity contribution in [1.82, 2.24) is 0 Å². The predicted octanol–water partition coefficient (Wildman–Crippen LogP) is 5.00. The largest absolute Gasteiger partial charge is 0.394 e. The molecule has 4 heteroatoms. The number of hydrogen-bond acceptors (Lipinski definition) is 4. The Kier molecular flexibility index (Phi) is 15.5. The maximum Gasteiger partial charge on any atom is 0.158 e. The van der Waals surface area contributed by atoms with Crippen molar-refractivity contribution < 1.29 is 19.7 Å². The van der Waals surface area contributed by atoms with Crippen LogP contribution in [0.15, 0.2) is 60.8 Å². The Hall–Kier alpha value is -1.46. The average molecular weight is 391 g/mol. The molecule has 1 aliphatic rings. The van der Waals surface area contributed by atoms with Crippen molar-refractivity contribution in [2.24, 2.45) is 0 Å². The van der Waals surface area contributed by atoms with Crippen LogP contribution in [0.2, 0.25) is 0 Å². The minimum atomic E-state index is -0.851. The first-order valence-corrected chi connectivity index (χ1v) is 10.6. The minimum Gasteiger partial charge on any atom is -0.394 e. The molecule has 1 rings (SSSR count). The van der Waals surface area contributed by atoms with E-state index in [1.807, 2.05) is 0 Å². The second-order valence-electron chi connectivity index (χ2n) is 6.83. The summed E-state index contributed by atoms with van der Waals surface area (Å²) in [6, 6.07) is 0. The summed E-state index contributed by atoms with van der Waals surface area (Å²) in [4.78, 5) is 0. The Morgan fingerprint density at radius 3 is 1.93 bits per heavy atom. The molecule has 2 N–H and O–H groups in total. The molecule has 158 valence electrons. The molecule has 0 aromatic carbocycles. The summed E-state index contributed by atoms with van der Waals surface area (Å²) in [7, 11) is 0. The first-order chi connectivity index (χ1) is 13.8. The first kappa shape index (κ1) is 24.6. The Labute approximate surface area is 170 Å². The Morgan fingerprint density at radius 1 is 0.857 bits per heavy atom. The number of aliphatic hydroxyl groups is 2. The highest BCUT2D eigenvalue weighted by molar-refractivity contribution is 5.00. The maximum absolute atomic E-state index is 9.51. The maximum atomic E-state index is 9.51. The van der Waals surface area contributed by atoms with Crippen LogP contribution in [0.5, 0.6) is 0 Å². The Balaban J connectivity index is 1.95. The van der Waals surface area contributed by atoms with E-state index in [1.54, 1.807) is 0 Å². The van der Waals surface area contributed by atoms with Crippen LogP contribution < -0.4 is 0 Å². The molecule has 0 aromatic rings. The predicted molar refractivity (Wildman–Crippen MR) is 116 cm³/mol. The van der Waals surface area contributed by atoms with Gasteiger partial charge in [0.15, 0.2) is 6.29 Å². The molecule has 0 bridgehead atoms. The lowest BCUT2D eigenvalue weighted by atomic mass is 10.2. The number of rotatable bonds is 15. The SMILES string of the molecule is CC/C=C\C/C=C\C/C=C\C/C=C\C/C=C\CCC[C@H]1OC[C@@H]([C@H](O)CO)O1. The second kappa shape index (κ2) is 17.6. The lowest BCUT2D eigenvalue weighted by molar-refractivity contribution is -0.0913. The van der Waals surface area contributed by atoms with E-state index in [4.69, 9.17) is 14.6 Å². The van der Waals surface area contributed by atoms with Crippen LogP contribution in [0.4, 0.5) is 0 Å². The van der Waals surface area contributed by atoms with E-state index in [0.29, 0.717) is 6.61 Å². The summed E-state index contributed by atoms with van der Waals surface area (Å²) < 4.78 is 11.0. The van der Waals surface area contributed by atoms with Crippen molar-refractivity contribution in [2.45, 2.75) is 76.8 Å². The fraction of sp³-hybridized carbons (Fsp3) is 0.583. The van der Waals surface area contributed by atoms with Crippen LogP contribution in [-0.4, -0.2) is 41.9 Å². The minimum absolute atomic E-state index is 0.256. The smallest absolute Gasteiger partial charge is 0.158 e. The molecule has 0 saturated carbocycles. The lowest BCUT2D eigenvalue weighted by Crippen LogP contribution is -2.31. The summed E-state index contributed by atoms with van der Waals surface area (Å²) in [5.74, 6) is 0. The van der Waals surface area contributed by atoms with Gasteiger partial charge >= 0.3 is 0 Å². The quantitative estimate of drug-likeness (QED) is 0.305. The van der Waals surface area contributed by atoms with Crippen molar-refractivity contribution >= 4 is 0 Å². The fourth-order valence-electron chi connectivity index (χ4n) is 2.72. The zero-order chi connectivity index (χ0) is 20.3. The van der Waals surface area contributed by atoms with E-state index >= 15 is 0 Å². The van der Waals surface area contributed by atoms with E-state index < -0.39 is 12.2 Å². The summed E-state index contributed by atoms with van der Waals surface area (Å²) in [6.07, 6.45) is 28.3. The molecule has 0 unspecified atom stereocenters. The third-order valence-corrected chi connectivity index (χ3v) is 4.36. The van der Waals surface area contributed by atoms with E-state index in [9.17, 15) is 5.11 Å². The third kappa shape index (κ3) is 12.8. The Bertz CT molecular complexity index is 505. The molecular weight excluding hydrogens is 352 g/mol. The molecule has 1 heterocycles. The van der Waals surface area contributed by atoms with Gasteiger partial charge < -0.3 is 19.7 Å². The second-order valence-corrected chi connectivity index (χ2v) is 6.83. The van der Waals surface area contributed by atoms with Crippen molar-refractivity contribution in [1.29, 1.82) is 0 Å². The standard InChI is InChI=1S/C24H38O4/c1-2-3-4-5-6-7-8-9-10-11-12-13-14-15-16-17-18-19-24-27-21-23(28-24)22(26)20-25/h3-4,6-7,9-10,12-13,15-16,22-26H,2,5,8,11,14,17-21H2,1H3/b4-3-,7-6-,10-9-,13-12-,16-15-/t22-,23+,24+/m1/s1. The number of ether oxygens (including phenoxy) is 2. The molecular formula is C24H38O4. The number of hydrogen-bond donors (Lipinski definition) is 2. The van der Waals surface area contributed by atoms with Gasteiger partial charge in [0.05, 0.1) is 13.2 Å². The molecule has 1 fully saturated rings. The number of aliphatic hydroxyl groups excluding tert-OH is 2. The first-order valence-electron chi connectivity index (χ1n) is 10.6. The van der Waals surface area contributed by atoms with Crippen LogP contribution in [0, 0.1) is 0 Å². The van der Waals surface area contributed by atoms with Crippen molar-refractivity contribution in [3.05, 3.63) is 60.8 Å². The molecule has 0 aromatic heterocycles. The van der Waals surface area contributed by atoms with Gasteiger partial charge in [-0.1, -0.05) is 67.7 Å². The van der Waals surface area contributed by atoms with Gasteiger partial charge in [-0.3, -0.25) is 0 Å². The van der Waals surface area contributed by atoms with Crippen molar-refractivity contribution in [3.8, 4) is 0 Å². The molecule has 0 aliphatic carbocycles. The van der Waals surface area contributed by atoms with Gasteiger partial charge in [0, 0.05) is 0 Å². The molecule has 3 atom stereocenters. The monoisotopic (exact) mass is 390 g/mol. The van der Waals surface area contributed by atoms with Gasteiger partial charge in [-0.2, -0.15) is 0 Å². The van der Waals surface area contributed by atoms with Gasteiger partial charge in [-0.25, -0.2) is 0 Å². The van der Waals surface area contributed by atoms with Gasteiger partial charge in [-0.15, -0.1) is 0 Å². The molecule has 28 heavy (non-hydrogen) atoms. The molecule has 0 spiro atoms. The number of allylic oxidation sites excluding steroid dienone is 10. The zero-order valence-corrected chi connectivity index (χ0v) is 17.3. The van der Waals surface area contributed by atoms with Crippen LogP contribution in [0.3, 0.4) is 0 Å². The Morgan fingerprint density at radius 2 is 1.39 bits per heavy atom. The highest BCUT2D eigenvalue weighted by Gasteiger charge is 2.30. The summed E-state index contributed by atoms with van der Waals surface area (Å²) in [6.45, 7) is 2.21. The topological polar surface area (TPSA) is 58.9 Å². The highest BCUT2D eigenvalue weighted by atomic mass is 16.7. The van der Waals surface area contributed by atoms with E-state index in [2.05, 4.69) is 67.7 Å². The van der Waals surface area contributed by atoms with Gasteiger partial charge in [0.2, 0.25) is 0 Å². The fourth-order valence-corrected chi connectivity index (χ4v) is 2.72. The molecule has 1 saturated heterocycles. The van der Waals surface area contributed by atoms with Gasteiger partial charge in [0.25, 0.3) is 0 Å². The normalized spacial score (nSPS) is 22.1. The average Bonchev–Trinajstić information content (AvgIpc) is 3.18. The summed E-state index contributed by atoms with van der Waals surface area (Å²) >= 11 is 0. The summed E-state index contributed by atoms with van der Waals surface area (Å²) in [5, 5.41) is 18.4. The third-order valence-electron chi connectivity index (χ3n) is 4.36. The molecule has 0 amide bonds. The van der Waals surface area contributed by atoms with Crippen LogP contribution in [-0.2, 0) is 9.47 Å². The molecule has 4 nitrogen and oxygen atoms in total. The van der Waals surface area contributed by atoms with Crippen molar-refractivity contribution in [3.63, 3.8) is 0 Å². The van der Waals surface area contributed by atoms with Crippen LogP contribution >= 0.6 is 0 Å². The summed E-state index contributed by atoms with van der Waals surface area (Å²) in [5.41, 5.74) is 0. The van der Waals surface area contributed by atoms with Gasteiger partial charge in [0.1, 0.15) is 12.2 Å². The zero-order valence-electron chi connectivity index (χ0n) is 17.3. The van der Waals surface area contributed by atoms with E-state index in [0.717, 1.165) is 51.4 Å². The molecule has 1 aliphatic heterocycles. The van der Waals surface area contributed by atoms with Crippen LogP contribution in [0.25, 0.3) is 0 Å². The van der Waals surface area contributed by atoms with Crippen LogP contribution in [0.1, 0.15) is 58.3 Å². The highest BCUT2D eigenvalue weighted by Crippen LogP contribution is 2.19. The van der Waals surface area contributed by atoms with E-state index in [-0.39, 0.29) is 12.9 Å². The van der Waals surface area contributed by atoms with Gasteiger partial charge in [-0.05, 0) is 51.4 Å². The van der Waals surface area contributed by atoms with Crippen molar-refractivity contribution in [2.75, 3.05) is 13.2 Å². The lowest BCUT2D eigenvalue weighted by Gasteiger charge is -2.14.